The van der Waals surface area contributed by atoms with Crippen LogP contribution in [0.1, 0.15) is 90.9 Å². The first-order valence-electron chi connectivity index (χ1n) is 14.1. The van der Waals surface area contributed by atoms with Gasteiger partial charge in [-0.3, -0.25) is 13.8 Å². The first-order chi connectivity index (χ1) is 17.6. The van der Waals surface area contributed by atoms with Crippen molar-refractivity contribution in [1.82, 2.24) is 0 Å². The molecule has 9 heteroatoms. The molecule has 0 rings (SSSR count). The minimum atomic E-state index is -4.23. The highest BCUT2D eigenvalue weighted by atomic mass is 31.2. The predicted octanol–water partition coefficient (Wildman–Crippen LogP) is 6.59. The highest BCUT2D eigenvalue weighted by Crippen LogP contribution is 2.43. The fourth-order valence-electron chi connectivity index (χ4n) is 3.27. The lowest BCUT2D eigenvalue weighted by molar-refractivity contribution is -0.870. The second-order valence-corrected chi connectivity index (χ2v) is 11.9. The van der Waals surface area contributed by atoms with Gasteiger partial charge in [0.15, 0.2) is 0 Å². The number of hydrogen-bond donors (Lipinski definition) is 1. The average molecular weight is 549 g/mol. The predicted molar refractivity (Wildman–Crippen MR) is 150 cm³/mol. The molecule has 0 radical (unpaired) electrons. The summed E-state index contributed by atoms with van der Waals surface area (Å²) in [6.45, 7) is 5.13. The molecule has 0 aliphatic rings. The maximum atomic E-state index is 12.2. The lowest BCUT2D eigenvalue weighted by Crippen LogP contribution is -2.37. The number of quaternary nitrogens is 1. The van der Waals surface area contributed by atoms with Gasteiger partial charge in [-0.15, -0.1) is 0 Å². The molecule has 0 spiro atoms. The van der Waals surface area contributed by atoms with Gasteiger partial charge < -0.3 is 18.9 Å². The van der Waals surface area contributed by atoms with Gasteiger partial charge in [0.1, 0.15) is 19.3 Å². The van der Waals surface area contributed by atoms with Crippen LogP contribution in [0.3, 0.4) is 0 Å². The van der Waals surface area contributed by atoms with Crippen LogP contribution in [-0.2, 0) is 27.9 Å². The zero-order chi connectivity index (χ0) is 27.8. The Labute approximate surface area is 226 Å². The second kappa shape index (κ2) is 22.9. The molecule has 8 nitrogen and oxygen atoms in total. The molecule has 0 fully saturated rings. The van der Waals surface area contributed by atoms with Crippen LogP contribution in [0.25, 0.3) is 0 Å². The van der Waals surface area contributed by atoms with Crippen LogP contribution >= 0.6 is 7.82 Å². The number of phosphoric ester groups is 1. The SMILES string of the molecule is CCC/C=C\C/C=C\CCCCCCCCOCC(COP(=O)(O)OCC[N+](C)(C)C)OC(=O)CCC. The topological polar surface area (TPSA) is 91.3 Å². The summed E-state index contributed by atoms with van der Waals surface area (Å²) in [7, 11) is 1.65. The van der Waals surface area contributed by atoms with Gasteiger partial charge >= 0.3 is 13.8 Å². The lowest BCUT2D eigenvalue weighted by Gasteiger charge is -2.24. The Morgan fingerprint density at radius 1 is 0.838 bits per heavy atom. The molecule has 0 aromatic heterocycles. The van der Waals surface area contributed by atoms with E-state index < -0.39 is 13.9 Å². The van der Waals surface area contributed by atoms with E-state index in [1.54, 1.807) is 0 Å². The van der Waals surface area contributed by atoms with E-state index in [1.165, 1.54) is 38.5 Å². The molecule has 0 saturated carbocycles. The van der Waals surface area contributed by atoms with Crippen molar-refractivity contribution in [2.75, 3.05) is 54.1 Å². The number of carbonyl (C=O) groups is 1. The summed E-state index contributed by atoms with van der Waals surface area (Å²) in [6.07, 6.45) is 20.6. The van der Waals surface area contributed by atoms with E-state index in [9.17, 15) is 14.3 Å². The maximum absolute atomic E-state index is 12.2. The molecule has 0 saturated heterocycles. The van der Waals surface area contributed by atoms with E-state index in [2.05, 4.69) is 31.2 Å². The minimum absolute atomic E-state index is 0.0848. The Morgan fingerprint density at radius 3 is 2.14 bits per heavy atom. The fourth-order valence-corrected chi connectivity index (χ4v) is 4.01. The van der Waals surface area contributed by atoms with Crippen LogP contribution in [0.5, 0.6) is 0 Å². The van der Waals surface area contributed by atoms with Gasteiger partial charge in [-0.25, -0.2) is 4.57 Å². The van der Waals surface area contributed by atoms with Gasteiger partial charge in [0, 0.05) is 13.0 Å². The Hall–Kier alpha value is -1.02. The van der Waals surface area contributed by atoms with Crippen molar-refractivity contribution in [3.63, 3.8) is 0 Å². The number of likely N-dealkylation sites (N-methyl/N-ethyl adjacent to an activating group) is 1. The normalized spacial score (nSPS) is 14.9. The zero-order valence-corrected chi connectivity index (χ0v) is 25.1. The smallest absolute Gasteiger partial charge is 0.457 e. The summed E-state index contributed by atoms with van der Waals surface area (Å²) in [4.78, 5) is 21.9. The standard InChI is InChI=1S/C28H54NO7P/c1-6-8-9-10-11-12-13-14-15-16-17-18-19-20-23-33-25-27(36-28(30)21-7-2)26-35-37(31,32)34-24-22-29(3,4)5/h9-10,12-13,27H,6-8,11,14-26H2,1-5H3/p+1/b10-9-,13-12-. The van der Waals surface area contributed by atoms with Gasteiger partial charge in [-0.1, -0.05) is 70.3 Å². The molecule has 0 aromatic rings. The van der Waals surface area contributed by atoms with Crippen molar-refractivity contribution in [3.8, 4) is 0 Å². The van der Waals surface area contributed by atoms with Crippen molar-refractivity contribution in [2.45, 2.75) is 97.0 Å². The molecule has 1 N–H and O–H groups in total. The number of esters is 1. The first kappa shape index (κ1) is 36.0. The lowest BCUT2D eigenvalue weighted by atomic mass is 10.1. The van der Waals surface area contributed by atoms with Crippen molar-refractivity contribution in [1.29, 1.82) is 0 Å². The summed E-state index contributed by atoms with van der Waals surface area (Å²) < 4.78 is 33.9. The van der Waals surface area contributed by atoms with E-state index in [0.29, 0.717) is 24.1 Å². The molecule has 2 atom stereocenters. The molecular formula is C28H55NO7P+. The van der Waals surface area contributed by atoms with E-state index >= 15 is 0 Å². The summed E-state index contributed by atoms with van der Waals surface area (Å²) in [6, 6.07) is 0. The van der Waals surface area contributed by atoms with E-state index in [1.807, 2.05) is 28.1 Å². The fraction of sp³-hybridized carbons (Fsp3) is 0.821. The molecule has 0 aromatic carbocycles. The van der Waals surface area contributed by atoms with Crippen molar-refractivity contribution in [2.24, 2.45) is 0 Å². The van der Waals surface area contributed by atoms with Gasteiger partial charge in [0.25, 0.3) is 0 Å². The molecule has 0 heterocycles. The molecule has 0 amide bonds. The number of ether oxygens (including phenoxy) is 2. The highest BCUT2D eigenvalue weighted by molar-refractivity contribution is 7.47. The zero-order valence-electron chi connectivity index (χ0n) is 24.2. The Bertz CT molecular complexity index is 661. The number of hydrogen-bond acceptors (Lipinski definition) is 6. The summed E-state index contributed by atoms with van der Waals surface area (Å²) in [5.74, 6) is -0.374. The van der Waals surface area contributed by atoms with E-state index in [-0.39, 0.29) is 32.2 Å². The third kappa shape index (κ3) is 26.4. The van der Waals surface area contributed by atoms with Gasteiger partial charge in [-0.2, -0.15) is 0 Å². The van der Waals surface area contributed by atoms with E-state index in [4.69, 9.17) is 18.5 Å². The highest BCUT2D eigenvalue weighted by Gasteiger charge is 2.26. The van der Waals surface area contributed by atoms with Crippen LogP contribution in [0.2, 0.25) is 0 Å². The Morgan fingerprint density at radius 2 is 1.49 bits per heavy atom. The van der Waals surface area contributed by atoms with E-state index in [0.717, 1.165) is 25.7 Å². The first-order valence-corrected chi connectivity index (χ1v) is 15.6. The number of carbonyl (C=O) groups excluding carboxylic acids is 1. The molecule has 218 valence electrons. The van der Waals surface area contributed by atoms with Gasteiger partial charge in [0.05, 0.1) is 34.4 Å². The van der Waals surface area contributed by atoms with Crippen LogP contribution < -0.4 is 0 Å². The summed E-state index contributed by atoms with van der Waals surface area (Å²) >= 11 is 0. The van der Waals surface area contributed by atoms with Crippen LogP contribution in [0.4, 0.5) is 0 Å². The molecule has 37 heavy (non-hydrogen) atoms. The Kier molecular flexibility index (Phi) is 22.3. The van der Waals surface area contributed by atoms with Gasteiger partial charge in [0.2, 0.25) is 0 Å². The molecule has 0 bridgehead atoms. The molecular weight excluding hydrogens is 493 g/mol. The third-order valence-corrected chi connectivity index (χ3v) is 6.45. The number of unbranched alkanes of at least 4 members (excludes halogenated alkanes) is 7. The number of phosphoric acid groups is 1. The number of nitrogens with zero attached hydrogens (tertiary/aromatic N) is 1. The largest absolute Gasteiger partial charge is 0.472 e. The summed E-state index contributed by atoms with van der Waals surface area (Å²) in [5, 5.41) is 0. The van der Waals surface area contributed by atoms with Crippen molar-refractivity contribution < 1.29 is 37.3 Å². The summed E-state index contributed by atoms with van der Waals surface area (Å²) in [5.41, 5.74) is 0. The van der Waals surface area contributed by atoms with Crippen LogP contribution in [-0.4, -0.2) is 75.6 Å². The monoisotopic (exact) mass is 548 g/mol. The van der Waals surface area contributed by atoms with Gasteiger partial charge in [-0.05, 0) is 38.5 Å². The quantitative estimate of drug-likeness (QED) is 0.0452. The molecule has 0 aliphatic carbocycles. The molecule has 0 aliphatic heterocycles. The van der Waals surface area contributed by atoms with Crippen molar-refractivity contribution in [3.05, 3.63) is 24.3 Å². The molecule has 2 unspecified atom stereocenters. The maximum Gasteiger partial charge on any atom is 0.472 e. The minimum Gasteiger partial charge on any atom is -0.457 e. The average Bonchev–Trinajstić information content (AvgIpc) is 2.81. The third-order valence-electron chi connectivity index (χ3n) is 5.47. The van der Waals surface area contributed by atoms with Crippen molar-refractivity contribution >= 4 is 13.8 Å². The van der Waals surface area contributed by atoms with Crippen LogP contribution in [0.15, 0.2) is 24.3 Å². The number of rotatable bonds is 25. The van der Waals surface area contributed by atoms with Crippen LogP contribution in [0, 0.1) is 0 Å². The number of allylic oxidation sites excluding steroid dienone is 4. The Balaban J connectivity index is 4.05. The second-order valence-electron chi connectivity index (χ2n) is 10.4.